The Balaban J connectivity index is 2.55. The first-order valence-electron chi connectivity index (χ1n) is 7.82. The van der Waals surface area contributed by atoms with Crippen molar-refractivity contribution in [2.45, 2.75) is 18.3 Å². The number of rotatable bonds is 4. The molecule has 0 amide bonds. The Labute approximate surface area is 152 Å². The van der Waals surface area contributed by atoms with Crippen LogP contribution in [0.2, 0.25) is 0 Å². The Morgan fingerprint density at radius 2 is 1.48 bits per heavy atom. The van der Waals surface area contributed by atoms with Gasteiger partial charge in [0.15, 0.2) is 0 Å². The van der Waals surface area contributed by atoms with Crippen LogP contribution in [0.1, 0.15) is 17.2 Å². The molecule has 148 valence electrons. The molecule has 0 aliphatic carbocycles. The molecule has 0 aromatic heterocycles. The molecule has 1 N–H and O–H groups in total. The van der Waals surface area contributed by atoms with Crippen LogP contribution in [-0.4, -0.2) is 45.3 Å². The molecule has 1 fully saturated rings. The van der Waals surface area contributed by atoms with Crippen LogP contribution in [0.5, 0.6) is 0 Å². The molecule has 4 atom stereocenters. The molecule has 1 aromatic rings. The maximum Gasteiger partial charge on any atom is 0.416 e. The van der Waals surface area contributed by atoms with Crippen molar-refractivity contribution in [1.29, 1.82) is 0 Å². The van der Waals surface area contributed by atoms with E-state index in [1.807, 2.05) is 0 Å². The monoisotopic (exact) mass is 389 g/mol. The van der Waals surface area contributed by atoms with E-state index in [1.165, 1.54) is 12.1 Å². The number of hydrogen-bond donors (Lipinski definition) is 1. The summed E-state index contributed by atoms with van der Waals surface area (Å²) >= 11 is 0. The summed E-state index contributed by atoms with van der Waals surface area (Å²) in [6, 6.07) is 1.88. The largest absolute Gasteiger partial charge is 0.469 e. The zero-order chi connectivity index (χ0) is 20.4. The number of methoxy groups -OCH3 is 3. The number of ether oxygens (including phenoxy) is 3. The Morgan fingerprint density at radius 1 is 0.926 bits per heavy atom. The Hall–Kier alpha value is -2.62. The SMILES string of the molecule is COC(=O)[C@@H]1[C@H](C(=O)OC)[C@H](C(=O)OC)N[C@@H]1c1cccc(C(F)(F)F)c1. The summed E-state index contributed by atoms with van der Waals surface area (Å²) in [6.07, 6.45) is -4.60. The molecule has 0 radical (unpaired) electrons. The van der Waals surface area contributed by atoms with Crippen LogP contribution in [0, 0.1) is 11.8 Å². The number of carbonyl (C=O) groups excluding carboxylic acids is 3. The third kappa shape index (κ3) is 4.05. The molecule has 1 aromatic carbocycles. The fourth-order valence-corrected chi connectivity index (χ4v) is 3.21. The molecule has 0 spiro atoms. The van der Waals surface area contributed by atoms with Crippen molar-refractivity contribution in [2.24, 2.45) is 11.8 Å². The van der Waals surface area contributed by atoms with Gasteiger partial charge in [0.25, 0.3) is 0 Å². The van der Waals surface area contributed by atoms with Gasteiger partial charge in [-0.25, -0.2) is 0 Å². The summed E-state index contributed by atoms with van der Waals surface area (Å²) < 4.78 is 53.1. The van der Waals surface area contributed by atoms with E-state index in [0.717, 1.165) is 33.5 Å². The molecule has 1 saturated heterocycles. The molecule has 1 aliphatic heterocycles. The van der Waals surface area contributed by atoms with Gasteiger partial charge >= 0.3 is 24.1 Å². The number of hydrogen-bond acceptors (Lipinski definition) is 7. The lowest BCUT2D eigenvalue weighted by Crippen LogP contribution is -2.42. The summed E-state index contributed by atoms with van der Waals surface area (Å²) in [6.45, 7) is 0. The minimum Gasteiger partial charge on any atom is -0.469 e. The van der Waals surface area contributed by atoms with Gasteiger partial charge in [-0.3, -0.25) is 19.7 Å². The van der Waals surface area contributed by atoms with E-state index in [4.69, 9.17) is 4.74 Å². The number of alkyl halides is 3. The molecule has 27 heavy (non-hydrogen) atoms. The zero-order valence-electron chi connectivity index (χ0n) is 14.7. The first kappa shape index (κ1) is 20.7. The minimum atomic E-state index is -4.60. The van der Waals surface area contributed by atoms with E-state index >= 15 is 0 Å². The molecule has 0 unspecified atom stereocenters. The summed E-state index contributed by atoms with van der Waals surface area (Å²) in [7, 11) is 3.23. The van der Waals surface area contributed by atoms with Gasteiger partial charge in [-0.1, -0.05) is 12.1 Å². The number of halogens is 3. The smallest absolute Gasteiger partial charge is 0.416 e. The molecular formula is C17H18F3NO6. The molecule has 1 aliphatic rings. The number of carbonyl (C=O) groups is 3. The highest BCUT2D eigenvalue weighted by Crippen LogP contribution is 2.41. The second kappa shape index (κ2) is 7.95. The number of benzene rings is 1. The highest BCUT2D eigenvalue weighted by Gasteiger charge is 2.55. The molecular weight excluding hydrogens is 371 g/mol. The van der Waals surface area contributed by atoms with Crippen LogP contribution in [0.15, 0.2) is 24.3 Å². The van der Waals surface area contributed by atoms with E-state index in [1.54, 1.807) is 0 Å². The maximum atomic E-state index is 13.0. The van der Waals surface area contributed by atoms with Gasteiger partial charge in [-0.15, -0.1) is 0 Å². The topological polar surface area (TPSA) is 90.9 Å². The van der Waals surface area contributed by atoms with Crippen molar-refractivity contribution in [3.63, 3.8) is 0 Å². The highest BCUT2D eigenvalue weighted by atomic mass is 19.4. The van der Waals surface area contributed by atoms with Crippen LogP contribution in [0.3, 0.4) is 0 Å². The third-order valence-corrected chi connectivity index (χ3v) is 4.44. The standard InChI is InChI=1S/C17H18F3NO6/c1-25-14(22)10-11(15(23)26-2)13(16(24)27-3)21-12(10)8-5-4-6-9(7-8)17(18,19)20/h4-7,10-13,21H,1-3H3/t10-,11+,12-,13-/m1/s1. The Kier molecular flexibility index (Phi) is 6.09. The Bertz CT molecular complexity index is 736. The normalized spacial score (nSPS) is 25.0. The summed E-state index contributed by atoms with van der Waals surface area (Å²) in [5.41, 5.74) is -0.859. The predicted octanol–water partition coefficient (Wildman–Crippen LogP) is 1.47. The summed E-state index contributed by atoms with van der Waals surface area (Å²) in [5.74, 6) is -5.22. The predicted molar refractivity (Wildman–Crippen MR) is 84.1 cm³/mol. The van der Waals surface area contributed by atoms with Crippen LogP contribution in [0.4, 0.5) is 13.2 Å². The van der Waals surface area contributed by atoms with Crippen LogP contribution in [-0.2, 0) is 34.8 Å². The van der Waals surface area contributed by atoms with E-state index in [0.29, 0.717) is 0 Å². The number of esters is 3. The lowest BCUT2D eigenvalue weighted by molar-refractivity contribution is -0.159. The second-order valence-electron chi connectivity index (χ2n) is 5.87. The van der Waals surface area contributed by atoms with Gasteiger partial charge in [-0.2, -0.15) is 13.2 Å². The lowest BCUT2D eigenvalue weighted by atomic mass is 9.84. The fraction of sp³-hybridized carbons (Fsp3) is 0.471. The van der Waals surface area contributed by atoms with Crippen molar-refractivity contribution in [3.05, 3.63) is 35.4 Å². The summed E-state index contributed by atoms with van der Waals surface area (Å²) in [4.78, 5) is 36.6. The molecule has 7 nitrogen and oxygen atoms in total. The van der Waals surface area contributed by atoms with Crippen molar-refractivity contribution >= 4 is 17.9 Å². The maximum absolute atomic E-state index is 13.0. The Morgan fingerprint density at radius 3 is 2.00 bits per heavy atom. The van der Waals surface area contributed by atoms with Gasteiger partial charge in [-0.05, 0) is 17.7 Å². The van der Waals surface area contributed by atoms with Crippen molar-refractivity contribution in [2.75, 3.05) is 21.3 Å². The van der Waals surface area contributed by atoms with E-state index < -0.39 is 53.6 Å². The summed E-state index contributed by atoms with van der Waals surface area (Å²) in [5, 5.41) is 2.72. The molecule has 2 rings (SSSR count). The molecule has 0 saturated carbocycles. The van der Waals surface area contributed by atoms with E-state index in [-0.39, 0.29) is 5.56 Å². The third-order valence-electron chi connectivity index (χ3n) is 4.44. The molecule has 1 heterocycles. The van der Waals surface area contributed by atoms with Crippen LogP contribution in [0.25, 0.3) is 0 Å². The fourth-order valence-electron chi connectivity index (χ4n) is 3.21. The minimum absolute atomic E-state index is 0.0699. The molecule has 10 heteroatoms. The van der Waals surface area contributed by atoms with Crippen LogP contribution < -0.4 is 5.32 Å². The van der Waals surface area contributed by atoms with Gasteiger partial charge in [0.2, 0.25) is 0 Å². The van der Waals surface area contributed by atoms with Crippen molar-refractivity contribution < 1.29 is 41.8 Å². The molecule has 0 bridgehead atoms. The average molecular weight is 389 g/mol. The average Bonchev–Trinajstić information content (AvgIpc) is 3.06. The van der Waals surface area contributed by atoms with Crippen molar-refractivity contribution in [1.82, 2.24) is 5.32 Å². The van der Waals surface area contributed by atoms with Crippen LogP contribution >= 0.6 is 0 Å². The van der Waals surface area contributed by atoms with Gasteiger partial charge in [0, 0.05) is 6.04 Å². The van der Waals surface area contributed by atoms with Gasteiger partial charge < -0.3 is 14.2 Å². The zero-order valence-corrected chi connectivity index (χ0v) is 14.7. The van der Waals surface area contributed by atoms with Gasteiger partial charge in [0.05, 0.1) is 38.7 Å². The highest BCUT2D eigenvalue weighted by molar-refractivity contribution is 5.91. The van der Waals surface area contributed by atoms with E-state index in [2.05, 4.69) is 14.8 Å². The lowest BCUT2D eigenvalue weighted by Gasteiger charge is -2.21. The first-order valence-corrected chi connectivity index (χ1v) is 7.82. The quantitative estimate of drug-likeness (QED) is 0.616. The van der Waals surface area contributed by atoms with Crippen molar-refractivity contribution in [3.8, 4) is 0 Å². The van der Waals surface area contributed by atoms with E-state index in [9.17, 15) is 27.6 Å². The number of nitrogens with one attached hydrogen (secondary N) is 1. The van der Waals surface area contributed by atoms with Gasteiger partial charge in [0.1, 0.15) is 6.04 Å². The first-order chi connectivity index (χ1) is 12.6. The second-order valence-corrected chi connectivity index (χ2v) is 5.87.